The summed E-state index contributed by atoms with van der Waals surface area (Å²) in [7, 11) is 1.54. The highest BCUT2D eigenvalue weighted by Gasteiger charge is 2.49. The molecule has 0 amide bonds. The number of nitrogens with one attached hydrogen (secondary N) is 1. The highest BCUT2D eigenvalue weighted by atomic mass is 32.1. The van der Waals surface area contributed by atoms with Crippen LogP contribution in [-0.2, 0) is 10.4 Å². The van der Waals surface area contributed by atoms with Gasteiger partial charge in [0.2, 0.25) is 5.88 Å². The quantitative estimate of drug-likeness (QED) is 0.487. The highest BCUT2D eigenvalue weighted by molar-refractivity contribution is 7.15. The molecule has 1 fully saturated rings. The van der Waals surface area contributed by atoms with E-state index in [4.69, 9.17) is 9.72 Å². The first-order chi connectivity index (χ1) is 15.6. The summed E-state index contributed by atoms with van der Waals surface area (Å²) in [5.41, 5.74) is 0.0348. The fourth-order valence-corrected chi connectivity index (χ4v) is 5.49. The lowest BCUT2D eigenvalue weighted by Gasteiger charge is -2.44. The molecule has 0 radical (unpaired) electrons. The molecule has 1 saturated carbocycles. The summed E-state index contributed by atoms with van der Waals surface area (Å²) in [5.74, 6) is 0.322. The van der Waals surface area contributed by atoms with Gasteiger partial charge in [0.05, 0.1) is 23.6 Å². The predicted octanol–water partition coefficient (Wildman–Crippen LogP) is 4.15. The second-order valence-electron chi connectivity index (χ2n) is 9.14. The van der Waals surface area contributed by atoms with Gasteiger partial charge in [0.15, 0.2) is 0 Å². The third-order valence-corrected chi connectivity index (χ3v) is 7.28. The number of anilines is 2. The van der Waals surface area contributed by atoms with Crippen LogP contribution in [0.3, 0.4) is 0 Å². The lowest BCUT2D eigenvalue weighted by molar-refractivity contribution is -0.154. The number of aryl methyl sites for hydroxylation is 1. The Labute approximate surface area is 195 Å². The van der Waals surface area contributed by atoms with Crippen molar-refractivity contribution in [3.05, 3.63) is 41.3 Å². The van der Waals surface area contributed by atoms with Crippen LogP contribution in [0, 0.1) is 18.3 Å². The van der Waals surface area contributed by atoms with E-state index in [-0.39, 0.29) is 0 Å². The Morgan fingerprint density at radius 2 is 2.00 bits per heavy atom. The number of aliphatic carboxylic acids is 1. The van der Waals surface area contributed by atoms with Crippen molar-refractivity contribution in [2.24, 2.45) is 11.3 Å². The van der Waals surface area contributed by atoms with E-state index >= 15 is 0 Å². The van der Waals surface area contributed by atoms with Crippen LogP contribution >= 0.6 is 11.3 Å². The molecular formula is C23H27N5O4S. The number of hydrogen-bond acceptors (Lipinski definition) is 9. The van der Waals surface area contributed by atoms with Crippen LogP contribution in [0.5, 0.6) is 5.88 Å². The number of carboxylic acid groups (broad SMARTS) is 1. The first-order valence-electron chi connectivity index (χ1n) is 10.6. The first-order valence-corrected chi connectivity index (χ1v) is 11.4. The number of carboxylic acids is 1. The molecule has 0 spiro atoms. The normalized spacial score (nSPS) is 22.0. The number of ether oxygens (including phenoxy) is 1. The van der Waals surface area contributed by atoms with Crippen molar-refractivity contribution in [2.45, 2.75) is 45.6 Å². The summed E-state index contributed by atoms with van der Waals surface area (Å²) in [6.07, 6.45) is 4.24. The molecule has 0 bridgehead atoms. The molecule has 174 valence electrons. The Hall–Kier alpha value is -3.11. The molecule has 3 aromatic rings. The fourth-order valence-electron chi connectivity index (χ4n) is 4.50. The third-order valence-electron chi connectivity index (χ3n) is 6.07. The van der Waals surface area contributed by atoms with Gasteiger partial charge in [-0.3, -0.25) is 4.79 Å². The van der Waals surface area contributed by atoms with E-state index in [1.807, 2.05) is 32.9 Å². The average molecular weight is 470 g/mol. The average Bonchev–Trinajstić information content (AvgIpc) is 3.24. The summed E-state index contributed by atoms with van der Waals surface area (Å²) in [6.45, 7) is 5.77. The molecule has 3 heterocycles. The second kappa shape index (κ2) is 8.68. The molecule has 4 rings (SSSR count). The first kappa shape index (κ1) is 23.1. The maximum absolute atomic E-state index is 11.6. The molecule has 3 aromatic heterocycles. The Morgan fingerprint density at radius 3 is 2.70 bits per heavy atom. The lowest BCUT2D eigenvalue weighted by Crippen LogP contribution is -2.44. The second-order valence-corrected chi connectivity index (χ2v) is 10.2. The molecule has 2 atom stereocenters. The molecule has 2 unspecified atom stereocenters. The van der Waals surface area contributed by atoms with E-state index in [1.54, 1.807) is 19.4 Å². The molecule has 0 saturated heterocycles. The number of aromatic nitrogens is 4. The maximum Gasteiger partial charge on any atom is 0.307 e. The Morgan fingerprint density at radius 1 is 1.21 bits per heavy atom. The summed E-state index contributed by atoms with van der Waals surface area (Å²) in [6, 6.07) is 5.54. The Kier molecular flexibility index (Phi) is 6.06. The number of thiazole rings is 1. The molecular weight excluding hydrogens is 442 g/mol. The van der Waals surface area contributed by atoms with E-state index < -0.39 is 22.9 Å². The van der Waals surface area contributed by atoms with E-state index in [2.05, 4.69) is 20.3 Å². The summed E-state index contributed by atoms with van der Waals surface area (Å²) in [4.78, 5) is 29.8. The van der Waals surface area contributed by atoms with Crippen LogP contribution in [0.4, 0.5) is 11.6 Å². The van der Waals surface area contributed by atoms with Crippen molar-refractivity contribution < 1.29 is 19.7 Å². The molecule has 1 aliphatic rings. The molecule has 33 heavy (non-hydrogen) atoms. The standard InChI is InChI=1S/C23H27N5O4S/c1-13-7-15(27-18(8-13)28-17-9-19(32-4)26-12-25-17)16-10-24-21(33-16)23(31)6-5-14(20(29)30)22(2,3)11-23/h7-10,12,14,31H,5-6,11H2,1-4H3,(H,29,30)(H,25,26,27,28). The van der Waals surface area contributed by atoms with Crippen molar-refractivity contribution in [2.75, 3.05) is 12.4 Å². The number of methoxy groups -OCH3 is 1. The van der Waals surface area contributed by atoms with Gasteiger partial charge >= 0.3 is 5.97 Å². The number of rotatable bonds is 6. The van der Waals surface area contributed by atoms with Gasteiger partial charge in [0, 0.05) is 12.3 Å². The molecule has 1 aliphatic carbocycles. The van der Waals surface area contributed by atoms with E-state index in [0.29, 0.717) is 41.8 Å². The molecule has 0 aliphatic heterocycles. The number of hydrogen-bond donors (Lipinski definition) is 3. The van der Waals surface area contributed by atoms with Gasteiger partial charge in [-0.15, -0.1) is 11.3 Å². The number of carbonyl (C=O) groups is 1. The van der Waals surface area contributed by atoms with Gasteiger partial charge in [-0.05, 0) is 49.3 Å². The zero-order valence-corrected chi connectivity index (χ0v) is 19.8. The molecule has 9 nitrogen and oxygen atoms in total. The highest BCUT2D eigenvalue weighted by Crippen LogP contribution is 2.50. The van der Waals surface area contributed by atoms with Gasteiger partial charge in [0.25, 0.3) is 0 Å². The van der Waals surface area contributed by atoms with Crippen LogP contribution in [0.2, 0.25) is 0 Å². The maximum atomic E-state index is 11.6. The van der Waals surface area contributed by atoms with Gasteiger partial charge in [-0.25, -0.2) is 19.9 Å². The van der Waals surface area contributed by atoms with Gasteiger partial charge < -0.3 is 20.3 Å². The minimum absolute atomic E-state index is 0.341. The van der Waals surface area contributed by atoms with E-state index in [0.717, 1.165) is 16.1 Å². The molecule has 3 N–H and O–H groups in total. The molecule has 10 heteroatoms. The topological polar surface area (TPSA) is 130 Å². The number of aliphatic hydroxyl groups is 1. The summed E-state index contributed by atoms with van der Waals surface area (Å²) >= 11 is 1.39. The Balaban J connectivity index is 1.59. The van der Waals surface area contributed by atoms with Crippen LogP contribution in [0.25, 0.3) is 10.6 Å². The molecule has 0 aromatic carbocycles. The summed E-state index contributed by atoms with van der Waals surface area (Å²) in [5, 5.41) is 24.7. The van der Waals surface area contributed by atoms with Gasteiger partial charge in [-0.1, -0.05) is 13.8 Å². The van der Waals surface area contributed by atoms with Gasteiger partial charge in [0.1, 0.15) is 28.6 Å². The zero-order chi connectivity index (χ0) is 23.8. The number of nitrogens with zero attached hydrogens (tertiary/aromatic N) is 4. The van der Waals surface area contributed by atoms with Crippen molar-refractivity contribution in [3.8, 4) is 16.5 Å². The van der Waals surface area contributed by atoms with Crippen LogP contribution < -0.4 is 10.1 Å². The number of pyridine rings is 1. The van der Waals surface area contributed by atoms with Crippen LogP contribution in [-0.4, -0.2) is 43.2 Å². The lowest BCUT2D eigenvalue weighted by atomic mass is 9.63. The fraction of sp³-hybridized carbons (Fsp3) is 0.435. The SMILES string of the molecule is COc1cc(Nc2cc(C)cc(-c3cnc(C4(O)CCC(C(=O)O)C(C)(C)C4)s3)n2)ncn1. The largest absolute Gasteiger partial charge is 0.481 e. The zero-order valence-electron chi connectivity index (χ0n) is 19.0. The smallest absolute Gasteiger partial charge is 0.307 e. The predicted molar refractivity (Wildman–Crippen MR) is 125 cm³/mol. The van der Waals surface area contributed by atoms with Crippen molar-refractivity contribution in [1.82, 2.24) is 19.9 Å². The van der Waals surface area contributed by atoms with E-state index in [1.165, 1.54) is 17.7 Å². The third kappa shape index (κ3) is 4.81. The Bertz CT molecular complexity index is 1180. The monoisotopic (exact) mass is 469 g/mol. The van der Waals surface area contributed by atoms with Crippen molar-refractivity contribution >= 4 is 28.9 Å². The van der Waals surface area contributed by atoms with Gasteiger partial charge in [-0.2, -0.15) is 0 Å². The summed E-state index contributed by atoms with van der Waals surface area (Å²) < 4.78 is 5.14. The van der Waals surface area contributed by atoms with E-state index in [9.17, 15) is 15.0 Å². The van der Waals surface area contributed by atoms with Crippen molar-refractivity contribution in [1.29, 1.82) is 0 Å². The van der Waals surface area contributed by atoms with Crippen LogP contribution in [0.15, 0.2) is 30.7 Å². The minimum Gasteiger partial charge on any atom is -0.481 e. The minimum atomic E-state index is -1.15. The van der Waals surface area contributed by atoms with Crippen LogP contribution in [0.1, 0.15) is 43.7 Å². The van der Waals surface area contributed by atoms with Crippen molar-refractivity contribution in [3.63, 3.8) is 0 Å².